The molecule has 0 spiro atoms. The Kier molecular flexibility index (Phi) is 8.04. The van der Waals surface area contributed by atoms with E-state index in [2.05, 4.69) is 44.2 Å². The molecule has 1 aliphatic carbocycles. The predicted octanol–water partition coefficient (Wildman–Crippen LogP) is 5.15. The third-order valence-corrected chi connectivity index (χ3v) is 8.47. The monoisotopic (exact) mass is 592 g/mol. The van der Waals surface area contributed by atoms with Gasteiger partial charge in [-0.3, -0.25) is 19.7 Å². The molecule has 4 aromatic rings. The number of halogens is 1. The molecule has 3 aromatic heterocycles. The minimum Gasteiger partial charge on any atom is -0.453 e. The number of carbonyl (C=O) groups excluding carboxylic acids is 2. The maximum Gasteiger partial charge on any atom is 0.319 e. The van der Waals surface area contributed by atoms with E-state index in [4.69, 9.17) is 4.74 Å². The highest BCUT2D eigenvalue weighted by Gasteiger charge is 2.23. The maximum atomic E-state index is 14.9. The quantitative estimate of drug-likeness (QED) is 0.245. The zero-order valence-corrected chi connectivity index (χ0v) is 23.9. The number of nitrogens with zero attached hydrogens (tertiary/aromatic N) is 4. The van der Waals surface area contributed by atoms with Gasteiger partial charge in [-0.05, 0) is 42.7 Å². The van der Waals surface area contributed by atoms with Crippen molar-refractivity contribution in [1.29, 1.82) is 0 Å². The number of urea groups is 1. The average molecular weight is 593 g/mol. The zero-order chi connectivity index (χ0) is 28.3. The van der Waals surface area contributed by atoms with Gasteiger partial charge < -0.3 is 20.3 Å². The van der Waals surface area contributed by atoms with Crippen molar-refractivity contribution in [3.63, 3.8) is 0 Å². The van der Waals surface area contributed by atoms with E-state index in [0.29, 0.717) is 24.5 Å². The molecule has 0 radical (unpaired) electrons. The molecule has 9 nitrogen and oxygen atoms in total. The van der Waals surface area contributed by atoms with Crippen LogP contribution in [0.15, 0.2) is 54.9 Å². The summed E-state index contributed by atoms with van der Waals surface area (Å²) in [5.74, 6) is 0.289. The Morgan fingerprint density at radius 2 is 1.88 bits per heavy atom. The number of anilines is 1. The van der Waals surface area contributed by atoms with Crippen LogP contribution in [0.4, 0.5) is 14.9 Å². The van der Waals surface area contributed by atoms with Gasteiger partial charge in [-0.1, -0.05) is 6.07 Å². The van der Waals surface area contributed by atoms with Gasteiger partial charge in [0.1, 0.15) is 5.75 Å². The number of amides is 3. The van der Waals surface area contributed by atoms with Gasteiger partial charge in [0, 0.05) is 69.0 Å². The average Bonchev–Trinajstić information content (AvgIpc) is 3.68. The second-order valence-corrected chi connectivity index (χ2v) is 11.5. The summed E-state index contributed by atoms with van der Waals surface area (Å²) < 4.78 is 21.6. The topological polar surface area (TPSA) is 99.7 Å². The molecule has 2 aliphatic rings. The van der Waals surface area contributed by atoms with E-state index in [1.54, 1.807) is 18.3 Å². The first-order chi connectivity index (χ1) is 19.9. The Morgan fingerprint density at radius 1 is 1.05 bits per heavy atom. The Labute approximate surface area is 246 Å². The molecule has 0 unspecified atom stereocenters. The highest BCUT2D eigenvalue weighted by molar-refractivity contribution is 7.81. The Balaban J connectivity index is 1.11. The molecule has 4 heterocycles. The first kappa shape index (κ1) is 27.4. The van der Waals surface area contributed by atoms with Gasteiger partial charge in [0.15, 0.2) is 11.6 Å². The normalized spacial score (nSPS) is 15.6. The van der Waals surface area contributed by atoms with Crippen LogP contribution in [0, 0.1) is 5.82 Å². The highest BCUT2D eigenvalue weighted by Crippen LogP contribution is 2.39. The number of carbonyl (C=O) groups is 2. The third kappa shape index (κ3) is 6.61. The van der Waals surface area contributed by atoms with Crippen molar-refractivity contribution in [2.75, 3.05) is 37.2 Å². The molecule has 2 fully saturated rings. The van der Waals surface area contributed by atoms with Gasteiger partial charge in [0.05, 0.1) is 26.5 Å². The van der Waals surface area contributed by atoms with Crippen LogP contribution < -0.4 is 15.4 Å². The largest absolute Gasteiger partial charge is 0.453 e. The van der Waals surface area contributed by atoms with Crippen LogP contribution in [-0.4, -0.2) is 69.7 Å². The number of pyridine rings is 2. The molecule has 1 aromatic carbocycles. The molecule has 1 saturated heterocycles. The van der Waals surface area contributed by atoms with E-state index in [1.165, 1.54) is 23.5 Å². The van der Waals surface area contributed by atoms with E-state index < -0.39 is 5.82 Å². The number of piperazine rings is 1. The van der Waals surface area contributed by atoms with Crippen molar-refractivity contribution in [2.24, 2.45) is 0 Å². The fraction of sp³-hybridized carbons (Fsp3) is 0.310. The molecule has 41 heavy (non-hydrogen) atoms. The van der Waals surface area contributed by atoms with E-state index in [9.17, 15) is 14.0 Å². The fourth-order valence-corrected chi connectivity index (χ4v) is 5.90. The zero-order valence-electron chi connectivity index (χ0n) is 22.2. The Morgan fingerprint density at radius 3 is 2.59 bits per heavy atom. The van der Waals surface area contributed by atoms with Crippen LogP contribution in [0.25, 0.3) is 20.8 Å². The van der Waals surface area contributed by atoms with Crippen LogP contribution in [0.5, 0.6) is 11.5 Å². The van der Waals surface area contributed by atoms with Gasteiger partial charge in [-0.2, -0.15) is 12.6 Å². The molecular formula is C29H29FN6O3S2. The molecular weight excluding hydrogens is 563 g/mol. The molecule has 1 saturated carbocycles. The number of hydrogen-bond acceptors (Lipinski definition) is 8. The minimum atomic E-state index is -0.581. The molecule has 0 bridgehead atoms. The Bertz CT molecular complexity index is 1570. The summed E-state index contributed by atoms with van der Waals surface area (Å²) in [6.45, 7) is 3.84. The summed E-state index contributed by atoms with van der Waals surface area (Å²) in [4.78, 5) is 38.1. The number of thiol groups is 1. The number of rotatable bonds is 8. The molecule has 212 valence electrons. The molecule has 6 rings (SSSR count). The van der Waals surface area contributed by atoms with Crippen molar-refractivity contribution in [1.82, 2.24) is 25.1 Å². The minimum absolute atomic E-state index is 0.0545. The van der Waals surface area contributed by atoms with Crippen molar-refractivity contribution in [3.05, 3.63) is 66.2 Å². The standard InChI is InChI=1S/C29H29FN6O3S2/c30-21-13-20(34-29(38)33-19-2-3-19)4-6-24(21)39-25-7-8-31-23-14-26(41-28(23)25)22-5-1-18(15-32-22)16-35-9-11-36(12-10-35)27(37)17-40/h1,4-8,13-15,19,40H,2-3,9-12,16-17H2,(H2,33,34,38). The van der Waals surface area contributed by atoms with Crippen LogP contribution in [0.1, 0.15) is 18.4 Å². The van der Waals surface area contributed by atoms with E-state index in [-0.39, 0.29) is 29.5 Å². The number of ether oxygens (including phenoxy) is 1. The summed E-state index contributed by atoms with van der Waals surface area (Å²) in [5, 5.41) is 5.46. The number of aromatic nitrogens is 2. The number of nitrogens with one attached hydrogen (secondary N) is 2. The highest BCUT2D eigenvalue weighted by atomic mass is 32.1. The molecule has 1 aliphatic heterocycles. The smallest absolute Gasteiger partial charge is 0.319 e. The second kappa shape index (κ2) is 12.0. The first-order valence-corrected chi connectivity index (χ1v) is 14.9. The molecule has 2 N–H and O–H groups in total. The Hall–Kier alpha value is -3.74. The SMILES string of the molecule is O=C(Nc1ccc(Oc2ccnc3cc(-c4ccc(CN5CCN(C(=O)CS)CC5)cn4)sc23)c(F)c1)NC1CC1. The van der Waals surface area contributed by atoms with Crippen molar-refractivity contribution >= 4 is 51.8 Å². The molecule has 3 amide bonds. The summed E-state index contributed by atoms with van der Waals surface area (Å²) in [5.41, 5.74) is 3.01. The van der Waals surface area contributed by atoms with Gasteiger partial charge in [0.2, 0.25) is 5.91 Å². The third-order valence-electron chi connectivity index (χ3n) is 7.04. The number of hydrogen-bond donors (Lipinski definition) is 3. The molecule has 12 heteroatoms. The van der Waals surface area contributed by atoms with Crippen molar-refractivity contribution in [2.45, 2.75) is 25.4 Å². The summed E-state index contributed by atoms with van der Waals surface area (Å²) in [7, 11) is 0. The number of benzene rings is 1. The van der Waals surface area contributed by atoms with Crippen LogP contribution >= 0.6 is 24.0 Å². The summed E-state index contributed by atoms with van der Waals surface area (Å²) in [6, 6.07) is 11.9. The lowest BCUT2D eigenvalue weighted by Crippen LogP contribution is -2.48. The molecule has 0 atom stereocenters. The van der Waals surface area contributed by atoms with Crippen LogP contribution in [0.2, 0.25) is 0 Å². The van der Waals surface area contributed by atoms with Gasteiger partial charge in [0.25, 0.3) is 0 Å². The maximum absolute atomic E-state index is 14.9. The van der Waals surface area contributed by atoms with Crippen LogP contribution in [0.3, 0.4) is 0 Å². The number of thiophene rings is 1. The lowest BCUT2D eigenvalue weighted by atomic mass is 10.2. The lowest BCUT2D eigenvalue weighted by Gasteiger charge is -2.34. The summed E-state index contributed by atoms with van der Waals surface area (Å²) in [6.07, 6.45) is 5.46. The summed E-state index contributed by atoms with van der Waals surface area (Å²) >= 11 is 5.57. The fourth-order valence-electron chi connectivity index (χ4n) is 4.66. The van der Waals surface area contributed by atoms with Crippen molar-refractivity contribution < 1.29 is 18.7 Å². The van der Waals surface area contributed by atoms with E-state index in [1.807, 2.05) is 23.2 Å². The van der Waals surface area contributed by atoms with Gasteiger partial charge in [-0.25, -0.2) is 9.18 Å². The van der Waals surface area contributed by atoms with E-state index >= 15 is 0 Å². The number of fused-ring (bicyclic) bond motifs is 1. The lowest BCUT2D eigenvalue weighted by molar-refractivity contribution is -0.130. The van der Waals surface area contributed by atoms with Crippen molar-refractivity contribution in [3.8, 4) is 22.1 Å². The van der Waals surface area contributed by atoms with Crippen LogP contribution in [-0.2, 0) is 11.3 Å². The first-order valence-electron chi connectivity index (χ1n) is 13.4. The predicted molar refractivity (Wildman–Crippen MR) is 160 cm³/mol. The second-order valence-electron chi connectivity index (χ2n) is 10.1. The van der Waals surface area contributed by atoms with Gasteiger partial charge >= 0.3 is 6.03 Å². The van der Waals surface area contributed by atoms with Gasteiger partial charge in [-0.15, -0.1) is 11.3 Å². The van der Waals surface area contributed by atoms with E-state index in [0.717, 1.165) is 58.8 Å².